The predicted molar refractivity (Wildman–Crippen MR) is 85.6 cm³/mol. The average Bonchev–Trinajstić information content (AvgIpc) is 2.83. The Bertz CT molecular complexity index is 666. The summed E-state index contributed by atoms with van der Waals surface area (Å²) in [6.45, 7) is 3.93. The Labute approximate surface area is 130 Å². The molecule has 1 heterocycles. The fourth-order valence-corrected chi connectivity index (χ4v) is 2.37. The molecule has 2 N–H and O–H groups in total. The second-order valence-corrected chi connectivity index (χ2v) is 5.29. The van der Waals surface area contributed by atoms with Gasteiger partial charge in [0.15, 0.2) is 0 Å². The summed E-state index contributed by atoms with van der Waals surface area (Å²) >= 11 is 0. The first kappa shape index (κ1) is 15.9. The van der Waals surface area contributed by atoms with Crippen LogP contribution in [0, 0.1) is 6.92 Å². The zero-order valence-corrected chi connectivity index (χ0v) is 13.4. The first-order chi connectivity index (χ1) is 10.4. The van der Waals surface area contributed by atoms with Gasteiger partial charge in [0.05, 0.1) is 18.8 Å². The topological polar surface area (TPSA) is 73.4 Å². The lowest BCUT2D eigenvalue weighted by atomic mass is 10.1. The number of hydrogen-bond donors (Lipinski definition) is 1. The summed E-state index contributed by atoms with van der Waals surface area (Å²) in [5.41, 5.74) is 7.59. The molecule has 0 bridgehead atoms. The third-order valence-corrected chi connectivity index (χ3v) is 3.78. The number of amides is 1. The van der Waals surface area contributed by atoms with Gasteiger partial charge in [0.2, 0.25) is 5.91 Å². The number of benzene rings is 1. The van der Waals surface area contributed by atoms with Crippen molar-refractivity contribution in [2.45, 2.75) is 26.4 Å². The van der Waals surface area contributed by atoms with Gasteiger partial charge in [-0.15, -0.1) is 0 Å². The highest BCUT2D eigenvalue weighted by molar-refractivity contribution is 5.76. The van der Waals surface area contributed by atoms with Crippen LogP contribution in [0.25, 0.3) is 0 Å². The Morgan fingerprint density at radius 2 is 2.14 bits per heavy atom. The van der Waals surface area contributed by atoms with Crippen molar-refractivity contribution in [3.63, 3.8) is 0 Å². The Morgan fingerprint density at radius 1 is 1.45 bits per heavy atom. The second-order valence-electron chi connectivity index (χ2n) is 5.29. The lowest BCUT2D eigenvalue weighted by Gasteiger charge is -2.26. The maximum atomic E-state index is 12.5. The van der Waals surface area contributed by atoms with Gasteiger partial charge in [-0.2, -0.15) is 5.10 Å². The fourth-order valence-electron chi connectivity index (χ4n) is 2.37. The number of nitrogens with two attached hydrogens (primary N) is 1. The third kappa shape index (κ3) is 3.21. The van der Waals surface area contributed by atoms with E-state index in [9.17, 15) is 4.79 Å². The highest BCUT2D eigenvalue weighted by atomic mass is 16.5. The normalized spacial score (nSPS) is 12.0. The molecule has 1 atom stereocenters. The molecule has 0 unspecified atom stereocenters. The largest absolute Gasteiger partial charge is 0.496 e. The Balaban J connectivity index is 2.14. The summed E-state index contributed by atoms with van der Waals surface area (Å²) in [6.07, 6.45) is 0. The molecule has 2 aromatic rings. The molecule has 0 aliphatic heterocycles. The number of para-hydroxylation sites is 1. The summed E-state index contributed by atoms with van der Waals surface area (Å²) < 4.78 is 6.88. The molecule has 1 aromatic heterocycles. The van der Waals surface area contributed by atoms with E-state index < -0.39 is 0 Å². The monoisotopic (exact) mass is 302 g/mol. The van der Waals surface area contributed by atoms with Crippen molar-refractivity contribution in [2.24, 2.45) is 0 Å². The van der Waals surface area contributed by atoms with E-state index in [1.165, 1.54) is 4.68 Å². The number of nitrogen functional groups attached to an aromatic ring is 1. The van der Waals surface area contributed by atoms with Gasteiger partial charge in [0.1, 0.15) is 18.1 Å². The van der Waals surface area contributed by atoms with Gasteiger partial charge in [-0.05, 0) is 19.9 Å². The van der Waals surface area contributed by atoms with Crippen molar-refractivity contribution in [1.82, 2.24) is 14.7 Å². The summed E-state index contributed by atoms with van der Waals surface area (Å²) in [4.78, 5) is 14.1. The molecule has 1 aromatic carbocycles. The van der Waals surface area contributed by atoms with Crippen molar-refractivity contribution >= 4 is 11.7 Å². The number of ether oxygens (including phenoxy) is 1. The van der Waals surface area contributed by atoms with Gasteiger partial charge in [0, 0.05) is 18.7 Å². The van der Waals surface area contributed by atoms with E-state index in [1.807, 2.05) is 38.1 Å². The van der Waals surface area contributed by atoms with E-state index in [4.69, 9.17) is 10.5 Å². The first-order valence-corrected chi connectivity index (χ1v) is 7.12. The van der Waals surface area contributed by atoms with E-state index in [0.29, 0.717) is 5.82 Å². The van der Waals surface area contributed by atoms with E-state index in [2.05, 4.69) is 5.10 Å². The van der Waals surface area contributed by atoms with Crippen LogP contribution in [0.5, 0.6) is 5.75 Å². The van der Waals surface area contributed by atoms with E-state index in [1.54, 1.807) is 25.1 Å². The molecule has 2 rings (SSSR count). The number of methoxy groups -OCH3 is 1. The van der Waals surface area contributed by atoms with Crippen LogP contribution in [0.1, 0.15) is 24.2 Å². The highest BCUT2D eigenvalue weighted by Gasteiger charge is 2.21. The third-order valence-electron chi connectivity index (χ3n) is 3.78. The van der Waals surface area contributed by atoms with Crippen LogP contribution < -0.4 is 10.5 Å². The maximum absolute atomic E-state index is 12.5. The van der Waals surface area contributed by atoms with Gasteiger partial charge < -0.3 is 15.4 Å². The van der Waals surface area contributed by atoms with E-state index >= 15 is 0 Å². The summed E-state index contributed by atoms with van der Waals surface area (Å²) in [5.74, 6) is 1.20. The molecule has 0 saturated heterocycles. The first-order valence-electron chi connectivity index (χ1n) is 7.12. The molecule has 0 aliphatic carbocycles. The van der Waals surface area contributed by atoms with Crippen LogP contribution in [0.15, 0.2) is 30.3 Å². The van der Waals surface area contributed by atoms with Gasteiger partial charge in [-0.3, -0.25) is 4.79 Å². The lowest BCUT2D eigenvalue weighted by Crippen LogP contribution is -2.33. The zero-order chi connectivity index (χ0) is 16.3. The standard InChI is InChI=1S/C16H22N4O2/c1-11-9-15(17)20(18-11)10-16(21)19(3)12(2)13-7-5-6-8-14(13)22-4/h5-9,12H,10,17H2,1-4H3/t12-/m0/s1. The number of aromatic nitrogens is 2. The van der Waals surface area contributed by atoms with Gasteiger partial charge >= 0.3 is 0 Å². The number of anilines is 1. The number of carbonyl (C=O) groups is 1. The number of rotatable bonds is 5. The van der Waals surface area contributed by atoms with Gasteiger partial charge in [-0.1, -0.05) is 18.2 Å². The highest BCUT2D eigenvalue weighted by Crippen LogP contribution is 2.28. The minimum Gasteiger partial charge on any atom is -0.496 e. The van der Waals surface area contributed by atoms with Gasteiger partial charge in [-0.25, -0.2) is 4.68 Å². The van der Waals surface area contributed by atoms with Crippen molar-refractivity contribution < 1.29 is 9.53 Å². The SMILES string of the molecule is COc1ccccc1[C@H](C)N(C)C(=O)Cn1nc(C)cc1N. The molecule has 0 spiro atoms. The number of nitrogens with zero attached hydrogens (tertiary/aromatic N) is 3. The van der Waals surface area contributed by atoms with E-state index in [0.717, 1.165) is 17.0 Å². The molecule has 0 fully saturated rings. The quantitative estimate of drug-likeness (QED) is 0.917. The smallest absolute Gasteiger partial charge is 0.244 e. The molecule has 0 saturated carbocycles. The summed E-state index contributed by atoms with van der Waals surface area (Å²) in [6, 6.07) is 9.32. The van der Waals surface area contributed by atoms with Crippen LogP contribution in [-0.4, -0.2) is 34.7 Å². The maximum Gasteiger partial charge on any atom is 0.244 e. The van der Waals surface area contributed by atoms with Crippen molar-refractivity contribution in [3.05, 3.63) is 41.6 Å². The minimum atomic E-state index is -0.110. The number of likely N-dealkylation sites (N-methyl/N-ethyl adjacent to an activating group) is 1. The zero-order valence-electron chi connectivity index (χ0n) is 13.4. The Hall–Kier alpha value is -2.50. The molecule has 0 radical (unpaired) electrons. The Kier molecular flexibility index (Phi) is 4.70. The fraction of sp³-hybridized carbons (Fsp3) is 0.375. The molecule has 1 amide bonds. The molecular formula is C16H22N4O2. The second kappa shape index (κ2) is 6.51. The molecule has 6 heteroatoms. The lowest BCUT2D eigenvalue weighted by molar-refractivity contribution is -0.132. The van der Waals surface area contributed by atoms with Gasteiger partial charge in [0.25, 0.3) is 0 Å². The minimum absolute atomic E-state index is 0.0618. The molecular weight excluding hydrogens is 280 g/mol. The van der Waals surface area contributed by atoms with Crippen LogP contribution in [0.3, 0.4) is 0 Å². The number of carbonyl (C=O) groups excluding carboxylic acids is 1. The Morgan fingerprint density at radius 3 is 2.73 bits per heavy atom. The van der Waals surface area contributed by atoms with Crippen molar-refractivity contribution in [3.8, 4) is 5.75 Å². The molecule has 0 aliphatic rings. The average molecular weight is 302 g/mol. The predicted octanol–water partition coefficient (Wildman–Crippen LogP) is 2.00. The molecule has 118 valence electrons. The van der Waals surface area contributed by atoms with Crippen molar-refractivity contribution in [2.75, 3.05) is 19.9 Å². The van der Waals surface area contributed by atoms with E-state index in [-0.39, 0.29) is 18.5 Å². The number of aryl methyl sites for hydroxylation is 1. The van der Waals surface area contributed by atoms with Crippen LogP contribution in [0.2, 0.25) is 0 Å². The van der Waals surface area contributed by atoms with Crippen LogP contribution in [-0.2, 0) is 11.3 Å². The number of hydrogen-bond acceptors (Lipinski definition) is 4. The molecule has 22 heavy (non-hydrogen) atoms. The van der Waals surface area contributed by atoms with Crippen molar-refractivity contribution in [1.29, 1.82) is 0 Å². The summed E-state index contributed by atoms with van der Waals surface area (Å²) in [7, 11) is 3.40. The van der Waals surface area contributed by atoms with Crippen LogP contribution >= 0.6 is 0 Å². The summed E-state index contributed by atoms with van der Waals surface area (Å²) in [5, 5.41) is 4.22. The van der Waals surface area contributed by atoms with Crippen LogP contribution in [0.4, 0.5) is 5.82 Å². The molecule has 6 nitrogen and oxygen atoms in total.